The van der Waals surface area contributed by atoms with E-state index in [2.05, 4.69) is 17.5 Å². The highest BCUT2D eigenvalue weighted by Gasteiger charge is 2.49. The van der Waals surface area contributed by atoms with Crippen molar-refractivity contribution in [1.29, 1.82) is 0 Å². The van der Waals surface area contributed by atoms with Crippen LogP contribution in [-0.2, 0) is 9.53 Å². The number of piperidine rings is 1. The van der Waals surface area contributed by atoms with Crippen molar-refractivity contribution in [2.24, 2.45) is 0 Å². The number of hydrogen-bond acceptors (Lipinski definition) is 3. The predicted molar refractivity (Wildman–Crippen MR) is 60.9 cm³/mol. The van der Waals surface area contributed by atoms with Gasteiger partial charge in [0.2, 0.25) is 0 Å². The summed E-state index contributed by atoms with van der Waals surface area (Å²) in [5.74, 6) is -0.172. The van der Waals surface area contributed by atoms with Gasteiger partial charge in [0.1, 0.15) is 0 Å². The van der Waals surface area contributed by atoms with Gasteiger partial charge in [0.05, 0.1) is 6.04 Å². The van der Waals surface area contributed by atoms with Crippen molar-refractivity contribution in [1.82, 2.24) is 5.32 Å². The monoisotopic (exact) mass is 219 g/mol. The number of nitrogens with one attached hydrogen (secondary N) is 1. The first-order chi connectivity index (χ1) is 7.81. The molecule has 2 unspecified atom stereocenters. The zero-order valence-corrected chi connectivity index (χ0v) is 9.37. The van der Waals surface area contributed by atoms with Crippen LogP contribution in [0.3, 0.4) is 0 Å². The van der Waals surface area contributed by atoms with E-state index in [-0.39, 0.29) is 11.6 Å². The maximum Gasteiger partial charge on any atom is 0.332 e. The van der Waals surface area contributed by atoms with E-state index in [1.54, 1.807) is 6.08 Å². The lowest BCUT2D eigenvalue weighted by atomic mass is 9.76. The molecule has 3 heteroatoms. The van der Waals surface area contributed by atoms with Crippen LogP contribution in [0, 0.1) is 0 Å². The minimum Gasteiger partial charge on any atom is -0.449 e. The molecule has 3 rings (SSSR count). The minimum atomic E-state index is -0.355. The zero-order chi connectivity index (χ0) is 11.0. The third kappa shape index (κ3) is 1.42. The quantitative estimate of drug-likeness (QED) is 0.682. The van der Waals surface area contributed by atoms with E-state index in [1.807, 2.05) is 0 Å². The summed E-state index contributed by atoms with van der Waals surface area (Å²) >= 11 is 0. The maximum absolute atomic E-state index is 11.5. The number of fused-ring (bicyclic) bond motifs is 1. The summed E-state index contributed by atoms with van der Waals surface area (Å²) in [5.41, 5.74) is 0.717. The van der Waals surface area contributed by atoms with Crippen molar-refractivity contribution in [2.45, 2.75) is 43.7 Å². The molecule has 1 fully saturated rings. The Kier molecular flexibility index (Phi) is 2.36. The van der Waals surface area contributed by atoms with Crippen LogP contribution in [0.5, 0.6) is 0 Å². The zero-order valence-electron chi connectivity index (χ0n) is 9.37. The Hall–Kier alpha value is -1.09. The van der Waals surface area contributed by atoms with E-state index in [0.717, 1.165) is 31.4 Å². The Morgan fingerprint density at radius 2 is 2.38 bits per heavy atom. The number of allylic oxidation sites excluding steroid dienone is 1. The molecule has 2 aliphatic heterocycles. The fraction of sp³-hybridized carbons (Fsp3) is 0.615. The molecule has 0 aromatic rings. The van der Waals surface area contributed by atoms with Gasteiger partial charge in [-0.05, 0) is 32.2 Å². The van der Waals surface area contributed by atoms with Crippen LogP contribution in [0.2, 0.25) is 0 Å². The molecule has 3 nitrogen and oxygen atoms in total. The molecule has 0 bridgehead atoms. The fourth-order valence-electron chi connectivity index (χ4n) is 3.11. The van der Waals surface area contributed by atoms with Crippen molar-refractivity contribution in [2.75, 3.05) is 6.54 Å². The van der Waals surface area contributed by atoms with E-state index in [0.29, 0.717) is 6.04 Å². The Bertz CT molecular complexity index is 366. The molecule has 0 aromatic heterocycles. The molecule has 3 aliphatic rings. The molecule has 0 spiro atoms. The van der Waals surface area contributed by atoms with Gasteiger partial charge in [0.15, 0.2) is 5.60 Å². The maximum atomic E-state index is 11.5. The van der Waals surface area contributed by atoms with Gasteiger partial charge in [-0.1, -0.05) is 18.6 Å². The number of carbonyl (C=O) groups is 1. The lowest BCUT2D eigenvalue weighted by Gasteiger charge is -2.41. The van der Waals surface area contributed by atoms with Gasteiger partial charge in [-0.25, -0.2) is 4.79 Å². The number of esters is 1. The molecule has 1 saturated heterocycles. The molecular weight excluding hydrogens is 202 g/mol. The van der Waals surface area contributed by atoms with E-state index in [1.165, 1.54) is 12.8 Å². The first-order valence-electron chi connectivity index (χ1n) is 6.16. The standard InChI is InChI=1S/C13H17NO2/c15-12-9-10-5-1-3-7-13(10,16-12)11-6-2-4-8-14-11/h1,5,9,11,14H,2-4,6-8H2. The fourth-order valence-corrected chi connectivity index (χ4v) is 3.11. The van der Waals surface area contributed by atoms with Crippen molar-refractivity contribution >= 4 is 5.97 Å². The molecule has 2 atom stereocenters. The van der Waals surface area contributed by atoms with Gasteiger partial charge in [0.25, 0.3) is 0 Å². The second-order valence-electron chi connectivity index (χ2n) is 4.85. The van der Waals surface area contributed by atoms with Gasteiger partial charge in [-0.2, -0.15) is 0 Å². The molecule has 0 aromatic carbocycles. The van der Waals surface area contributed by atoms with E-state index < -0.39 is 0 Å². The Labute approximate surface area is 95.5 Å². The molecule has 1 aliphatic carbocycles. The van der Waals surface area contributed by atoms with Crippen LogP contribution in [0.1, 0.15) is 32.1 Å². The van der Waals surface area contributed by atoms with Crippen molar-refractivity contribution in [3.8, 4) is 0 Å². The van der Waals surface area contributed by atoms with Crippen LogP contribution in [0.4, 0.5) is 0 Å². The minimum absolute atomic E-state index is 0.172. The van der Waals surface area contributed by atoms with Crippen molar-refractivity contribution in [3.05, 3.63) is 23.8 Å². The summed E-state index contributed by atoms with van der Waals surface area (Å²) < 4.78 is 5.65. The van der Waals surface area contributed by atoms with Crippen molar-refractivity contribution in [3.63, 3.8) is 0 Å². The van der Waals surface area contributed by atoms with Crippen molar-refractivity contribution < 1.29 is 9.53 Å². The topological polar surface area (TPSA) is 38.3 Å². The summed E-state index contributed by atoms with van der Waals surface area (Å²) in [7, 11) is 0. The molecule has 16 heavy (non-hydrogen) atoms. The Balaban J connectivity index is 1.92. The molecule has 86 valence electrons. The second-order valence-corrected chi connectivity index (χ2v) is 4.85. The highest BCUT2D eigenvalue weighted by atomic mass is 16.6. The molecule has 0 amide bonds. The van der Waals surface area contributed by atoms with Gasteiger partial charge in [-0.3, -0.25) is 0 Å². The molecular formula is C13H17NO2. The second kappa shape index (κ2) is 3.74. The highest BCUT2D eigenvalue weighted by Crippen LogP contribution is 2.41. The first-order valence-corrected chi connectivity index (χ1v) is 6.16. The SMILES string of the molecule is O=C1C=C2C=CCCC2(C2CCCCN2)O1. The van der Waals surface area contributed by atoms with Gasteiger partial charge in [0, 0.05) is 11.6 Å². The van der Waals surface area contributed by atoms with Crippen LogP contribution in [0.15, 0.2) is 23.8 Å². The largest absolute Gasteiger partial charge is 0.449 e. The number of carbonyl (C=O) groups excluding carboxylic acids is 1. The third-order valence-electron chi connectivity index (χ3n) is 3.90. The average molecular weight is 219 g/mol. The molecule has 0 radical (unpaired) electrons. The summed E-state index contributed by atoms with van der Waals surface area (Å²) in [4.78, 5) is 11.5. The summed E-state index contributed by atoms with van der Waals surface area (Å²) in [6.45, 7) is 1.04. The lowest BCUT2D eigenvalue weighted by molar-refractivity contribution is -0.149. The van der Waals surface area contributed by atoms with Crippen LogP contribution >= 0.6 is 0 Å². The van der Waals surface area contributed by atoms with E-state index in [4.69, 9.17) is 4.74 Å². The summed E-state index contributed by atoms with van der Waals surface area (Å²) in [6.07, 6.45) is 11.4. The number of rotatable bonds is 1. The Morgan fingerprint density at radius 3 is 3.19 bits per heavy atom. The van der Waals surface area contributed by atoms with E-state index >= 15 is 0 Å². The molecule has 0 saturated carbocycles. The summed E-state index contributed by atoms with van der Waals surface area (Å²) in [5, 5.41) is 3.52. The number of hydrogen-bond donors (Lipinski definition) is 1. The molecule has 2 heterocycles. The lowest BCUT2D eigenvalue weighted by Crippen LogP contribution is -2.54. The van der Waals surface area contributed by atoms with Crippen LogP contribution in [-0.4, -0.2) is 24.2 Å². The third-order valence-corrected chi connectivity index (χ3v) is 3.90. The number of ether oxygens (including phenoxy) is 1. The normalized spacial score (nSPS) is 37.9. The smallest absolute Gasteiger partial charge is 0.332 e. The molecule has 1 N–H and O–H groups in total. The Morgan fingerprint density at radius 1 is 1.44 bits per heavy atom. The van der Waals surface area contributed by atoms with Gasteiger partial charge >= 0.3 is 5.97 Å². The van der Waals surface area contributed by atoms with Gasteiger partial charge in [-0.15, -0.1) is 0 Å². The van der Waals surface area contributed by atoms with Crippen LogP contribution < -0.4 is 5.32 Å². The first kappa shape index (κ1) is 10.1. The van der Waals surface area contributed by atoms with E-state index in [9.17, 15) is 4.79 Å². The predicted octanol–water partition coefficient (Wildman–Crippen LogP) is 1.70. The van der Waals surface area contributed by atoms with Crippen LogP contribution in [0.25, 0.3) is 0 Å². The van der Waals surface area contributed by atoms with Gasteiger partial charge < -0.3 is 10.1 Å². The highest BCUT2D eigenvalue weighted by molar-refractivity contribution is 5.88. The summed E-state index contributed by atoms with van der Waals surface area (Å²) in [6, 6.07) is 0.309. The average Bonchev–Trinajstić information content (AvgIpc) is 2.67.